The summed E-state index contributed by atoms with van der Waals surface area (Å²) in [6, 6.07) is 15.7. The van der Waals surface area contributed by atoms with Crippen LogP contribution in [0.2, 0.25) is 0 Å². The average molecular weight is 287 g/mol. The summed E-state index contributed by atoms with van der Waals surface area (Å²) in [5, 5.41) is 0. The van der Waals surface area contributed by atoms with Gasteiger partial charge < -0.3 is 9.64 Å². The van der Waals surface area contributed by atoms with Gasteiger partial charge in [0.15, 0.2) is 6.61 Å². The molecule has 0 N–H and O–H groups in total. The lowest BCUT2D eigenvalue weighted by molar-refractivity contribution is -0.132. The molecular formula is C17H18FNO2. The van der Waals surface area contributed by atoms with Gasteiger partial charge in [0.1, 0.15) is 11.6 Å². The van der Waals surface area contributed by atoms with Crippen LogP contribution < -0.4 is 4.74 Å². The second kappa shape index (κ2) is 7.43. The van der Waals surface area contributed by atoms with Crippen LogP contribution in [0.1, 0.15) is 5.56 Å². The maximum absolute atomic E-state index is 13.0. The zero-order valence-corrected chi connectivity index (χ0v) is 12.0. The van der Waals surface area contributed by atoms with Crippen LogP contribution in [-0.2, 0) is 11.2 Å². The van der Waals surface area contributed by atoms with Crippen molar-refractivity contribution in [1.29, 1.82) is 0 Å². The van der Waals surface area contributed by atoms with Crippen LogP contribution >= 0.6 is 0 Å². The van der Waals surface area contributed by atoms with E-state index >= 15 is 0 Å². The van der Waals surface area contributed by atoms with Gasteiger partial charge in [0.2, 0.25) is 0 Å². The van der Waals surface area contributed by atoms with Crippen LogP contribution in [0.4, 0.5) is 4.39 Å². The number of rotatable bonds is 6. The van der Waals surface area contributed by atoms with Crippen molar-refractivity contribution in [3.05, 3.63) is 66.0 Å². The molecule has 1 amide bonds. The predicted molar refractivity (Wildman–Crippen MR) is 79.7 cm³/mol. The Morgan fingerprint density at radius 1 is 1.14 bits per heavy atom. The number of likely N-dealkylation sites (N-methyl/N-ethyl adjacent to an activating group) is 1. The van der Waals surface area contributed by atoms with E-state index in [0.29, 0.717) is 12.3 Å². The highest BCUT2D eigenvalue weighted by molar-refractivity contribution is 5.77. The smallest absolute Gasteiger partial charge is 0.260 e. The normalized spacial score (nSPS) is 10.2. The molecular weight excluding hydrogens is 269 g/mol. The molecule has 2 aromatic carbocycles. The Balaban J connectivity index is 1.77. The fourth-order valence-electron chi connectivity index (χ4n) is 1.88. The number of hydrogen-bond donors (Lipinski definition) is 0. The quantitative estimate of drug-likeness (QED) is 0.817. The number of halogens is 1. The maximum atomic E-state index is 13.0. The second-order valence-electron chi connectivity index (χ2n) is 4.80. The number of ether oxygens (including phenoxy) is 1. The molecule has 0 heterocycles. The molecule has 2 aromatic rings. The van der Waals surface area contributed by atoms with Crippen molar-refractivity contribution in [2.24, 2.45) is 0 Å². The molecule has 4 heteroatoms. The molecule has 0 saturated heterocycles. The van der Waals surface area contributed by atoms with E-state index in [2.05, 4.69) is 0 Å². The first-order valence-corrected chi connectivity index (χ1v) is 6.81. The fourth-order valence-corrected chi connectivity index (χ4v) is 1.88. The SMILES string of the molecule is CN(CCc1ccccc1)C(=O)COc1cccc(F)c1. The first kappa shape index (κ1) is 15.0. The van der Waals surface area contributed by atoms with E-state index in [1.54, 1.807) is 24.1 Å². The second-order valence-corrected chi connectivity index (χ2v) is 4.80. The van der Waals surface area contributed by atoms with E-state index in [1.165, 1.54) is 17.7 Å². The number of benzene rings is 2. The summed E-state index contributed by atoms with van der Waals surface area (Å²) >= 11 is 0. The number of hydrogen-bond acceptors (Lipinski definition) is 2. The third-order valence-electron chi connectivity index (χ3n) is 3.16. The summed E-state index contributed by atoms with van der Waals surface area (Å²) in [6.45, 7) is 0.532. The summed E-state index contributed by atoms with van der Waals surface area (Å²) in [5.74, 6) is -0.146. The van der Waals surface area contributed by atoms with Gasteiger partial charge in [0.25, 0.3) is 5.91 Å². The standard InChI is InChI=1S/C17H18FNO2/c1-19(11-10-14-6-3-2-4-7-14)17(20)13-21-16-9-5-8-15(18)12-16/h2-9,12H,10-11,13H2,1H3. The minimum atomic E-state index is -0.377. The monoisotopic (exact) mass is 287 g/mol. The minimum Gasteiger partial charge on any atom is -0.484 e. The van der Waals surface area contributed by atoms with Crippen molar-refractivity contribution in [1.82, 2.24) is 4.90 Å². The first-order chi connectivity index (χ1) is 10.1. The Labute approximate surface area is 124 Å². The Morgan fingerprint density at radius 3 is 2.62 bits per heavy atom. The van der Waals surface area contributed by atoms with Gasteiger partial charge in [-0.3, -0.25) is 4.79 Å². The van der Waals surface area contributed by atoms with E-state index in [0.717, 1.165) is 6.42 Å². The molecule has 2 rings (SSSR count). The van der Waals surface area contributed by atoms with Gasteiger partial charge >= 0.3 is 0 Å². The lowest BCUT2D eigenvalue weighted by Crippen LogP contribution is -2.33. The van der Waals surface area contributed by atoms with Gasteiger partial charge in [-0.25, -0.2) is 4.39 Å². The summed E-state index contributed by atoms with van der Waals surface area (Å²) in [5.41, 5.74) is 1.18. The molecule has 110 valence electrons. The minimum absolute atomic E-state index is 0.0885. The third-order valence-corrected chi connectivity index (χ3v) is 3.16. The van der Waals surface area contributed by atoms with E-state index in [4.69, 9.17) is 4.74 Å². The molecule has 0 saturated carbocycles. The molecule has 0 aromatic heterocycles. The average Bonchev–Trinajstić information content (AvgIpc) is 2.51. The Bertz CT molecular complexity index is 586. The van der Waals surface area contributed by atoms with Crippen LogP contribution in [0.25, 0.3) is 0 Å². The number of carbonyl (C=O) groups is 1. The fraction of sp³-hybridized carbons (Fsp3) is 0.235. The van der Waals surface area contributed by atoms with E-state index in [1.807, 2.05) is 30.3 Å². The molecule has 3 nitrogen and oxygen atoms in total. The molecule has 0 bridgehead atoms. The molecule has 0 aliphatic carbocycles. The molecule has 0 aliphatic heterocycles. The van der Waals surface area contributed by atoms with Gasteiger partial charge in [-0.05, 0) is 24.1 Å². The van der Waals surface area contributed by atoms with E-state index in [-0.39, 0.29) is 18.3 Å². The Morgan fingerprint density at radius 2 is 1.90 bits per heavy atom. The van der Waals surface area contributed by atoms with Gasteiger partial charge in [0, 0.05) is 19.7 Å². The maximum Gasteiger partial charge on any atom is 0.260 e. The molecule has 0 spiro atoms. The van der Waals surface area contributed by atoms with Crippen molar-refractivity contribution < 1.29 is 13.9 Å². The highest BCUT2D eigenvalue weighted by Gasteiger charge is 2.09. The molecule has 0 aliphatic rings. The Hall–Kier alpha value is -2.36. The van der Waals surface area contributed by atoms with E-state index in [9.17, 15) is 9.18 Å². The van der Waals surface area contributed by atoms with Crippen LogP contribution in [0.3, 0.4) is 0 Å². The van der Waals surface area contributed by atoms with Gasteiger partial charge in [-0.2, -0.15) is 0 Å². The first-order valence-electron chi connectivity index (χ1n) is 6.81. The topological polar surface area (TPSA) is 29.5 Å². The molecule has 0 radical (unpaired) electrons. The van der Waals surface area contributed by atoms with Crippen molar-refractivity contribution in [3.63, 3.8) is 0 Å². The largest absolute Gasteiger partial charge is 0.484 e. The summed E-state index contributed by atoms with van der Waals surface area (Å²) < 4.78 is 18.3. The van der Waals surface area contributed by atoms with Crippen LogP contribution in [0.5, 0.6) is 5.75 Å². The molecule has 0 atom stereocenters. The molecule has 21 heavy (non-hydrogen) atoms. The van der Waals surface area contributed by atoms with E-state index < -0.39 is 0 Å². The lowest BCUT2D eigenvalue weighted by atomic mass is 10.1. The van der Waals surface area contributed by atoms with Gasteiger partial charge in [-0.1, -0.05) is 36.4 Å². The summed E-state index contributed by atoms with van der Waals surface area (Å²) in [6.07, 6.45) is 0.795. The van der Waals surface area contributed by atoms with Gasteiger partial charge in [-0.15, -0.1) is 0 Å². The molecule has 0 fully saturated rings. The zero-order valence-electron chi connectivity index (χ0n) is 12.0. The van der Waals surface area contributed by atoms with Crippen molar-refractivity contribution in [2.75, 3.05) is 20.2 Å². The number of nitrogens with zero attached hydrogens (tertiary/aromatic N) is 1. The zero-order chi connectivity index (χ0) is 15.1. The number of amides is 1. The van der Waals surface area contributed by atoms with Crippen LogP contribution in [-0.4, -0.2) is 31.0 Å². The van der Waals surface area contributed by atoms with Crippen molar-refractivity contribution >= 4 is 5.91 Å². The van der Waals surface area contributed by atoms with Crippen LogP contribution in [0.15, 0.2) is 54.6 Å². The van der Waals surface area contributed by atoms with Crippen LogP contribution in [0, 0.1) is 5.82 Å². The third kappa shape index (κ3) is 4.91. The highest BCUT2D eigenvalue weighted by atomic mass is 19.1. The van der Waals surface area contributed by atoms with Crippen molar-refractivity contribution in [3.8, 4) is 5.75 Å². The summed E-state index contributed by atoms with van der Waals surface area (Å²) in [4.78, 5) is 13.5. The highest BCUT2D eigenvalue weighted by Crippen LogP contribution is 2.11. The predicted octanol–water partition coefficient (Wildman–Crippen LogP) is 2.91. The Kier molecular flexibility index (Phi) is 5.32. The van der Waals surface area contributed by atoms with Crippen molar-refractivity contribution in [2.45, 2.75) is 6.42 Å². The summed E-state index contributed by atoms with van der Waals surface area (Å²) in [7, 11) is 1.74. The van der Waals surface area contributed by atoms with Gasteiger partial charge in [0.05, 0.1) is 0 Å². The molecule has 0 unspecified atom stereocenters. The lowest BCUT2D eigenvalue weighted by Gasteiger charge is -2.17. The number of carbonyl (C=O) groups excluding carboxylic acids is 1.